The van der Waals surface area contributed by atoms with Crippen LogP contribution in [0.15, 0.2) is 48.5 Å². The molecule has 1 aliphatic heterocycles. The number of nitrogens with zero attached hydrogens (tertiary/aromatic N) is 4. The largest absolute Gasteiger partial charge is 0.453 e. The summed E-state index contributed by atoms with van der Waals surface area (Å²) in [6.07, 6.45) is 0.441. The minimum atomic E-state index is -1.12. The van der Waals surface area contributed by atoms with Crippen molar-refractivity contribution in [3.63, 3.8) is 0 Å². The lowest BCUT2D eigenvalue weighted by molar-refractivity contribution is -0.133. The van der Waals surface area contributed by atoms with E-state index in [2.05, 4.69) is 21.0 Å². The number of ether oxygens (including phenoxy) is 1. The Morgan fingerprint density at radius 1 is 0.963 bits per heavy atom. The zero-order valence-corrected chi connectivity index (χ0v) is 33.2. The highest BCUT2D eigenvalue weighted by Gasteiger charge is 2.44. The number of hydrogen-bond acceptors (Lipinski definition) is 9. The number of aliphatic hydroxyl groups excluding tert-OH is 2. The van der Waals surface area contributed by atoms with Crippen LogP contribution in [0.1, 0.15) is 84.2 Å². The Hall–Kier alpha value is -4.27. The number of hydrazine groups is 1. The normalized spacial score (nSPS) is 17.8. The zero-order valence-electron chi connectivity index (χ0n) is 33.2. The van der Waals surface area contributed by atoms with E-state index < -0.39 is 47.1 Å². The lowest BCUT2D eigenvalue weighted by Crippen LogP contribution is -2.61. The quantitative estimate of drug-likeness (QED) is 0.152. The number of carbonyl (C=O) groups excluding carboxylic acids is 4. The van der Waals surface area contributed by atoms with Crippen molar-refractivity contribution in [3.8, 4) is 0 Å². The van der Waals surface area contributed by atoms with Crippen molar-refractivity contribution in [2.24, 2.45) is 16.7 Å². The van der Waals surface area contributed by atoms with Gasteiger partial charge < -0.3 is 35.4 Å². The molecule has 0 bridgehead atoms. The summed E-state index contributed by atoms with van der Waals surface area (Å²) >= 11 is 0. The third-order valence-electron chi connectivity index (χ3n) is 9.98. The van der Waals surface area contributed by atoms with Crippen LogP contribution in [0.2, 0.25) is 0 Å². The Morgan fingerprint density at radius 2 is 1.65 bits per heavy atom. The van der Waals surface area contributed by atoms with Crippen molar-refractivity contribution in [1.29, 1.82) is 0 Å². The highest BCUT2D eigenvalue weighted by atomic mass is 16.5. The molecular weight excluding hydrogens is 690 g/mol. The third-order valence-corrected chi connectivity index (χ3v) is 9.98. The molecule has 54 heavy (non-hydrogen) atoms. The second-order valence-corrected chi connectivity index (χ2v) is 16.9. The molecule has 5 atom stereocenters. The van der Waals surface area contributed by atoms with Gasteiger partial charge in [-0.25, -0.2) is 14.6 Å². The van der Waals surface area contributed by atoms with Gasteiger partial charge in [0.25, 0.3) is 5.91 Å². The average molecular weight is 752 g/mol. The summed E-state index contributed by atoms with van der Waals surface area (Å²) < 4.78 is 4.77. The van der Waals surface area contributed by atoms with Gasteiger partial charge in [-0.15, -0.1) is 0 Å². The van der Waals surface area contributed by atoms with Crippen LogP contribution in [0.3, 0.4) is 0 Å². The highest BCUT2D eigenvalue weighted by Crippen LogP contribution is 2.31. The Kier molecular flexibility index (Phi) is 14.5. The molecule has 5 unspecified atom stereocenters. The first-order chi connectivity index (χ1) is 25.4. The van der Waals surface area contributed by atoms with Crippen LogP contribution in [0.25, 0.3) is 0 Å². The average Bonchev–Trinajstić information content (AvgIpc) is 3.87. The van der Waals surface area contributed by atoms with Crippen molar-refractivity contribution < 1.29 is 34.1 Å². The summed E-state index contributed by atoms with van der Waals surface area (Å²) in [6, 6.07) is 12.3. The van der Waals surface area contributed by atoms with Crippen molar-refractivity contribution in [2.45, 2.75) is 104 Å². The Balaban J connectivity index is 1.54. The first-order valence-electron chi connectivity index (χ1n) is 19.0. The van der Waals surface area contributed by atoms with Crippen molar-refractivity contribution in [1.82, 2.24) is 35.9 Å². The topological polar surface area (TPSA) is 177 Å². The number of amides is 5. The number of methoxy groups -OCH3 is 1. The van der Waals surface area contributed by atoms with Crippen LogP contribution < -0.4 is 16.1 Å². The number of aliphatic hydroxyl groups is 2. The van der Waals surface area contributed by atoms with Crippen molar-refractivity contribution in [2.75, 3.05) is 39.9 Å². The van der Waals surface area contributed by atoms with Crippen LogP contribution >= 0.6 is 0 Å². The number of carbonyl (C=O) groups is 4. The summed E-state index contributed by atoms with van der Waals surface area (Å²) in [5.74, 6) is -0.627. The number of rotatable bonds is 17. The molecular formula is C40H61N7O7. The van der Waals surface area contributed by atoms with Crippen LogP contribution in [0, 0.1) is 16.7 Å². The fraction of sp³-hybridized carbons (Fsp3) is 0.625. The lowest BCUT2D eigenvalue weighted by Gasteiger charge is -2.38. The number of pyridine rings is 1. The second-order valence-electron chi connectivity index (χ2n) is 16.9. The van der Waals surface area contributed by atoms with Gasteiger partial charge in [0.15, 0.2) is 0 Å². The predicted octanol–water partition coefficient (Wildman–Crippen LogP) is 3.43. The van der Waals surface area contributed by atoms with E-state index in [4.69, 9.17) is 4.74 Å². The minimum Gasteiger partial charge on any atom is -0.453 e. The smallest absolute Gasteiger partial charge is 0.407 e. The second kappa shape index (κ2) is 18.4. The van der Waals surface area contributed by atoms with Gasteiger partial charge in [0.1, 0.15) is 12.1 Å². The van der Waals surface area contributed by atoms with Gasteiger partial charge in [-0.3, -0.25) is 20.0 Å². The predicted molar refractivity (Wildman–Crippen MR) is 205 cm³/mol. The van der Waals surface area contributed by atoms with Gasteiger partial charge >= 0.3 is 12.1 Å². The molecule has 0 radical (unpaired) electrons. The maximum absolute atomic E-state index is 14.4. The summed E-state index contributed by atoms with van der Waals surface area (Å²) in [6.45, 7) is 14.6. The van der Waals surface area contributed by atoms with E-state index in [0.29, 0.717) is 37.7 Å². The van der Waals surface area contributed by atoms with Gasteiger partial charge in [-0.05, 0) is 53.7 Å². The zero-order chi connectivity index (χ0) is 39.8. The molecule has 1 saturated carbocycles. The van der Waals surface area contributed by atoms with E-state index in [1.165, 1.54) is 7.11 Å². The highest BCUT2D eigenvalue weighted by molar-refractivity contribution is 5.89. The standard InChI is InChI=1S/C40H61N7O7/c1-26(25-48)30-16-12-15-29(41-30)23-45-19-20-47(38(45)53)34(40(5,6)7)36(51)42-31(21-27-13-10-9-11-14-27)32(49)24-46(22-28-17-18-28)44-35(50)33(39(2,3)4)43-37(52)54-8/h9-16,26,28,31-34,48-49H,17-25H2,1-8H3,(H,42,51)(H,43,52)(H,44,50). The van der Waals surface area contributed by atoms with Crippen LogP contribution in [0.4, 0.5) is 9.59 Å². The summed E-state index contributed by atoms with van der Waals surface area (Å²) in [5.41, 5.74) is 3.98. The number of hydrogen-bond donors (Lipinski definition) is 5. The van der Waals surface area contributed by atoms with Gasteiger partial charge in [0, 0.05) is 37.8 Å². The first-order valence-corrected chi connectivity index (χ1v) is 19.0. The molecule has 1 aromatic carbocycles. The first kappa shape index (κ1) is 42.5. The van der Waals surface area contributed by atoms with Gasteiger partial charge in [0.05, 0.1) is 38.1 Å². The van der Waals surface area contributed by atoms with E-state index >= 15 is 0 Å². The Labute approximate surface area is 320 Å². The monoisotopic (exact) mass is 751 g/mol. The molecule has 4 rings (SSSR count). The number of urea groups is 1. The molecule has 2 aromatic rings. The van der Waals surface area contributed by atoms with E-state index in [-0.39, 0.29) is 37.6 Å². The summed E-state index contributed by atoms with van der Waals surface area (Å²) in [5, 5.41) is 28.9. The molecule has 2 heterocycles. The van der Waals surface area contributed by atoms with E-state index in [0.717, 1.165) is 24.1 Å². The van der Waals surface area contributed by atoms with E-state index in [1.807, 2.05) is 97.0 Å². The van der Waals surface area contributed by atoms with Gasteiger partial charge in [-0.2, -0.15) is 0 Å². The summed E-state index contributed by atoms with van der Waals surface area (Å²) in [4.78, 5) is 62.0. The molecule has 0 spiro atoms. The number of benzene rings is 1. The number of aromatic nitrogens is 1. The van der Waals surface area contributed by atoms with E-state index in [9.17, 15) is 29.4 Å². The Bertz CT molecular complexity index is 1570. The Morgan fingerprint density at radius 3 is 2.24 bits per heavy atom. The molecule has 2 fully saturated rings. The van der Waals surface area contributed by atoms with Crippen LogP contribution in [-0.4, -0.2) is 118 Å². The van der Waals surface area contributed by atoms with Crippen LogP contribution in [0.5, 0.6) is 0 Å². The van der Waals surface area contributed by atoms with Crippen LogP contribution in [-0.2, 0) is 27.3 Å². The molecule has 2 aliphatic rings. The van der Waals surface area contributed by atoms with Crippen molar-refractivity contribution in [3.05, 3.63) is 65.5 Å². The van der Waals surface area contributed by atoms with Gasteiger partial charge in [0.2, 0.25) is 5.91 Å². The molecule has 1 aromatic heterocycles. The molecule has 5 N–H and O–H groups in total. The maximum Gasteiger partial charge on any atom is 0.407 e. The lowest BCUT2D eigenvalue weighted by atomic mass is 9.84. The fourth-order valence-corrected chi connectivity index (χ4v) is 6.76. The molecule has 1 aliphatic carbocycles. The number of nitrogens with one attached hydrogen (secondary N) is 3. The molecule has 298 valence electrons. The molecule has 14 nitrogen and oxygen atoms in total. The van der Waals surface area contributed by atoms with Crippen molar-refractivity contribution >= 4 is 23.9 Å². The SMILES string of the molecule is COC(=O)NC(C(=O)NN(CC1CC1)CC(O)C(Cc1ccccc1)NC(=O)C(N1CCN(Cc2cccc(C(C)CO)n2)C1=O)C(C)(C)C)C(C)(C)C. The summed E-state index contributed by atoms with van der Waals surface area (Å²) in [7, 11) is 1.24. The van der Waals surface area contributed by atoms with Gasteiger partial charge in [-0.1, -0.05) is 84.9 Å². The fourth-order valence-electron chi connectivity index (χ4n) is 6.76. The molecule has 1 saturated heterocycles. The minimum absolute atomic E-state index is 0.00662. The van der Waals surface area contributed by atoms with E-state index in [1.54, 1.807) is 14.8 Å². The third kappa shape index (κ3) is 11.9. The maximum atomic E-state index is 14.4. The molecule has 5 amide bonds. The number of alkyl carbamates (subject to hydrolysis) is 1. The molecule has 14 heteroatoms.